The van der Waals surface area contributed by atoms with E-state index in [0.29, 0.717) is 0 Å². The second-order valence-electron chi connectivity index (χ2n) is 5.06. The van der Waals surface area contributed by atoms with Gasteiger partial charge in [0.2, 0.25) is 0 Å². The normalized spacial score (nSPS) is 21.2. The molecule has 0 amide bonds. The average Bonchev–Trinajstić information content (AvgIpc) is 2.56. The van der Waals surface area contributed by atoms with Crippen LogP contribution in [0, 0.1) is 6.92 Å². The number of likely N-dealkylation sites (tertiary alicyclic amines) is 1. The summed E-state index contributed by atoms with van der Waals surface area (Å²) in [5.41, 5.74) is 2.16. The molecule has 5 heteroatoms. The van der Waals surface area contributed by atoms with Crippen molar-refractivity contribution in [3.05, 3.63) is 15.9 Å². The number of nitrogens with zero attached hydrogens (tertiary/aromatic N) is 3. The van der Waals surface area contributed by atoms with E-state index in [1.54, 1.807) is 6.92 Å². The van der Waals surface area contributed by atoms with Gasteiger partial charge in [-0.2, -0.15) is 5.10 Å². The molecule has 1 fully saturated rings. The van der Waals surface area contributed by atoms with Crippen LogP contribution < -0.4 is 0 Å². The third-order valence-corrected chi connectivity index (χ3v) is 4.73. The molecule has 1 atom stereocenters. The molecule has 2 rings (SSSR count). The van der Waals surface area contributed by atoms with Crippen LogP contribution in [0.5, 0.6) is 0 Å². The summed E-state index contributed by atoms with van der Waals surface area (Å²) in [4.78, 5) is 14.0. The maximum atomic E-state index is 11.7. The van der Waals surface area contributed by atoms with E-state index >= 15 is 0 Å². The summed E-state index contributed by atoms with van der Waals surface area (Å²) in [5, 5.41) is 4.40. The maximum absolute atomic E-state index is 11.7. The summed E-state index contributed by atoms with van der Waals surface area (Å²) < 4.78 is 2.98. The molecule has 1 aromatic heterocycles. The van der Waals surface area contributed by atoms with E-state index < -0.39 is 0 Å². The molecular formula is C13H20BrN3O. The zero-order valence-corrected chi connectivity index (χ0v) is 12.8. The summed E-state index contributed by atoms with van der Waals surface area (Å²) in [6.45, 7) is 5.49. The number of rotatable bonds is 3. The summed E-state index contributed by atoms with van der Waals surface area (Å²) in [5.74, 6) is 0.282. The molecule has 0 aromatic carbocycles. The minimum Gasteiger partial charge on any atom is -0.298 e. The highest BCUT2D eigenvalue weighted by Crippen LogP contribution is 2.25. The molecule has 100 valence electrons. The van der Waals surface area contributed by atoms with Gasteiger partial charge in [0.15, 0.2) is 0 Å². The van der Waals surface area contributed by atoms with Crippen LogP contribution in [-0.2, 0) is 18.4 Å². The number of halogens is 1. The highest BCUT2D eigenvalue weighted by molar-refractivity contribution is 9.10. The molecule has 0 N–H and O–H groups in total. The van der Waals surface area contributed by atoms with Crippen molar-refractivity contribution in [2.24, 2.45) is 7.05 Å². The van der Waals surface area contributed by atoms with Gasteiger partial charge in [-0.1, -0.05) is 6.42 Å². The summed E-state index contributed by atoms with van der Waals surface area (Å²) in [7, 11) is 1.96. The number of hydrogen-bond acceptors (Lipinski definition) is 3. The van der Waals surface area contributed by atoms with E-state index in [4.69, 9.17) is 0 Å². The smallest absolute Gasteiger partial charge is 0.146 e. The molecule has 2 heterocycles. The topological polar surface area (TPSA) is 38.1 Å². The van der Waals surface area contributed by atoms with Crippen molar-refractivity contribution in [2.75, 3.05) is 6.54 Å². The Balaban J connectivity index is 2.18. The third kappa shape index (κ3) is 2.67. The van der Waals surface area contributed by atoms with Crippen LogP contribution >= 0.6 is 15.9 Å². The lowest BCUT2D eigenvalue weighted by Gasteiger charge is -2.34. The second-order valence-corrected chi connectivity index (χ2v) is 5.86. The molecule has 0 bridgehead atoms. The third-order valence-electron chi connectivity index (χ3n) is 3.70. The molecule has 0 spiro atoms. The van der Waals surface area contributed by atoms with Crippen LogP contribution in [-0.4, -0.2) is 33.1 Å². The van der Waals surface area contributed by atoms with Gasteiger partial charge in [0.05, 0.1) is 21.9 Å². The molecule has 0 aliphatic carbocycles. The lowest BCUT2D eigenvalue weighted by molar-refractivity contribution is -0.123. The van der Waals surface area contributed by atoms with Gasteiger partial charge in [0.25, 0.3) is 0 Å². The minimum absolute atomic E-state index is 0.0841. The summed E-state index contributed by atoms with van der Waals surface area (Å²) >= 11 is 3.59. The van der Waals surface area contributed by atoms with Crippen molar-refractivity contribution < 1.29 is 4.79 Å². The van der Waals surface area contributed by atoms with Crippen LogP contribution in [0.1, 0.15) is 37.6 Å². The largest absolute Gasteiger partial charge is 0.298 e. The molecule has 1 saturated heterocycles. The number of hydrogen-bond donors (Lipinski definition) is 0. The van der Waals surface area contributed by atoms with E-state index in [-0.39, 0.29) is 11.8 Å². The van der Waals surface area contributed by atoms with E-state index in [1.165, 1.54) is 6.42 Å². The van der Waals surface area contributed by atoms with Crippen molar-refractivity contribution >= 4 is 21.7 Å². The Labute approximate surface area is 116 Å². The van der Waals surface area contributed by atoms with Crippen molar-refractivity contribution in [1.29, 1.82) is 0 Å². The SMILES string of the molecule is CC(=O)C1CCCCN1Cc1c(Br)c(C)nn1C. The van der Waals surface area contributed by atoms with Gasteiger partial charge in [-0.15, -0.1) is 0 Å². The van der Waals surface area contributed by atoms with E-state index in [2.05, 4.69) is 25.9 Å². The summed E-state index contributed by atoms with van der Waals surface area (Å²) in [6, 6.07) is 0.0841. The highest BCUT2D eigenvalue weighted by atomic mass is 79.9. The average molecular weight is 314 g/mol. The Morgan fingerprint density at radius 1 is 1.50 bits per heavy atom. The predicted octanol–water partition coefficient (Wildman–Crippen LogP) is 2.43. The van der Waals surface area contributed by atoms with Crippen LogP contribution in [0.15, 0.2) is 4.47 Å². The molecule has 18 heavy (non-hydrogen) atoms. The molecular weight excluding hydrogens is 294 g/mol. The first-order valence-electron chi connectivity index (χ1n) is 6.43. The number of aryl methyl sites for hydroxylation is 2. The van der Waals surface area contributed by atoms with Gasteiger partial charge >= 0.3 is 0 Å². The van der Waals surface area contributed by atoms with Crippen molar-refractivity contribution in [2.45, 2.75) is 45.7 Å². The standard InChI is InChI=1S/C13H20BrN3O/c1-9-13(14)12(16(3)15-9)8-17-7-5-4-6-11(17)10(2)18/h11H,4-8H2,1-3H3. The zero-order chi connectivity index (χ0) is 13.3. The Bertz CT molecular complexity index is 455. The maximum Gasteiger partial charge on any atom is 0.146 e. The molecule has 4 nitrogen and oxygen atoms in total. The second kappa shape index (κ2) is 5.53. The minimum atomic E-state index is 0.0841. The molecule has 1 aliphatic rings. The quantitative estimate of drug-likeness (QED) is 0.860. The van der Waals surface area contributed by atoms with Crippen molar-refractivity contribution in [3.63, 3.8) is 0 Å². The van der Waals surface area contributed by atoms with Crippen LogP contribution in [0.25, 0.3) is 0 Å². The Morgan fingerprint density at radius 2 is 2.22 bits per heavy atom. The number of Topliss-reactive ketones (excluding diaryl/α,β-unsaturated/α-hetero) is 1. The van der Waals surface area contributed by atoms with Crippen molar-refractivity contribution in [3.8, 4) is 0 Å². The lowest BCUT2D eigenvalue weighted by atomic mass is 9.99. The number of carbonyl (C=O) groups excluding carboxylic acids is 1. The molecule has 0 radical (unpaired) electrons. The predicted molar refractivity (Wildman–Crippen MR) is 74.4 cm³/mol. The molecule has 1 aliphatic heterocycles. The molecule has 1 aromatic rings. The summed E-state index contributed by atoms with van der Waals surface area (Å²) in [6.07, 6.45) is 3.33. The van der Waals surface area contributed by atoms with Gasteiger partial charge in [-0.05, 0) is 49.2 Å². The van der Waals surface area contributed by atoms with Crippen LogP contribution in [0.2, 0.25) is 0 Å². The Morgan fingerprint density at radius 3 is 2.78 bits per heavy atom. The Kier molecular flexibility index (Phi) is 4.22. The zero-order valence-electron chi connectivity index (χ0n) is 11.2. The van der Waals surface area contributed by atoms with Gasteiger partial charge in [0.1, 0.15) is 5.78 Å². The van der Waals surface area contributed by atoms with E-state index in [0.717, 1.165) is 41.8 Å². The molecule has 1 unspecified atom stereocenters. The monoisotopic (exact) mass is 313 g/mol. The lowest BCUT2D eigenvalue weighted by Crippen LogP contribution is -2.43. The van der Waals surface area contributed by atoms with Gasteiger partial charge in [-0.3, -0.25) is 14.4 Å². The first-order valence-corrected chi connectivity index (χ1v) is 7.22. The number of carbonyl (C=O) groups is 1. The highest BCUT2D eigenvalue weighted by Gasteiger charge is 2.27. The van der Waals surface area contributed by atoms with E-state index in [9.17, 15) is 4.79 Å². The number of aromatic nitrogens is 2. The number of piperidine rings is 1. The fourth-order valence-electron chi connectivity index (χ4n) is 2.68. The van der Waals surface area contributed by atoms with Crippen LogP contribution in [0.4, 0.5) is 0 Å². The van der Waals surface area contributed by atoms with Gasteiger partial charge < -0.3 is 0 Å². The Hall–Kier alpha value is -0.680. The van der Waals surface area contributed by atoms with Crippen molar-refractivity contribution in [1.82, 2.24) is 14.7 Å². The van der Waals surface area contributed by atoms with Gasteiger partial charge in [0, 0.05) is 13.6 Å². The van der Waals surface area contributed by atoms with E-state index in [1.807, 2.05) is 18.7 Å². The fourth-order valence-corrected chi connectivity index (χ4v) is 3.15. The van der Waals surface area contributed by atoms with Gasteiger partial charge in [-0.25, -0.2) is 0 Å². The first-order chi connectivity index (χ1) is 8.50. The van der Waals surface area contributed by atoms with Crippen LogP contribution in [0.3, 0.4) is 0 Å². The fraction of sp³-hybridized carbons (Fsp3) is 0.692. The number of ketones is 1. The first kappa shape index (κ1) is 13.7. The molecule has 0 saturated carbocycles.